The zero-order valence-electron chi connectivity index (χ0n) is 11.2. The van der Waals surface area contributed by atoms with E-state index in [2.05, 4.69) is 10.3 Å². The summed E-state index contributed by atoms with van der Waals surface area (Å²) in [5, 5.41) is 3.29. The van der Waals surface area contributed by atoms with Gasteiger partial charge < -0.3 is 9.88 Å². The first-order valence-electron chi connectivity index (χ1n) is 6.16. The van der Waals surface area contributed by atoms with Gasteiger partial charge in [0.15, 0.2) is 5.03 Å². The third-order valence-electron chi connectivity index (χ3n) is 3.35. The van der Waals surface area contributed by atoms with E-state index in [4.69, 9.17) is 0 Å². The minimum absolute atomic E-state index is 0. The van der Waals surface area contributed by atoms with Crippen LogP contribution in [-0.2, 0) is 17.1 Å². The summed E-state index contributed by atoms with van der Waals surface area (Å²) in [6.07, 6.45) is 4.88. The van der Waals surface area contributed by atoms with Crippen molar-refractivity contribution >= 4 is 22.4 Å². The van der Waals surface area contributed by atoms with Gasteiger partial charge in [-0.25, -0.2) is 13.4 Å². The lowest BCUT2D eigenvalue weighted by molar-refractivity contribution is 0.270. The number of nitrogens with one attached hydrogen (secondary N) is 1. The van der Waals surface area contributed by atoms with Crippen LogP contribution in [-0.4, -0.2) is 49.0 Å². The van der Waals surface area contributed by atoms with E-state index in [0.717, 1.165) is 19.4 Å². The summed E-state index contributed by atoms with van der Waals surface area (Å²) < 4.78 is 27.8. The number of aryl methyl sites for hydroxylation is 1. The normalized spacial score (nSPS) is 18.2. The molecule has 1 aromatic rings. The van der Waals surface area contributed by atoms with Crippen molar-refractivity contribution in [2.24, 2.45) is 13.0 Å². The van der Waals surface area contributed by atoms with E-state index in [0.29, 0.717) is 19.0 Å². The summed E-state index contributed by atoms with van der Waals surface area (Å²) in [6.45, 7) is 2.13. The van der Waals surface area contributed by atoms with E-state index >= 15 is 0 Å². The maximum Gasteiger partial charge on any atom is 0.262 e. The zero-order valence-corrected chi connectivity index (χ0v) is 12.9. The standard InChI is InChI=1S/C11H20N4O2S.ClH/c1-12-7-10-3-5-15(6-4-10)18(16,17)11-8-14(2)9-13-11;/h8-10,12H,3-7H2,1-2H3;1H. The average molecular weight is 309 g/mol. The van der Waals surface area contributed by atoms with Crippen molar-refractivity contribution in [1.29, 1.82) is 0 Å². The number of hydrogen-bond acceptors (Lipinski definition) is 4. The molecule has 0 radical (unpaired) electrons. The van der Waals surface area contributed by atoms with Gasteiger partial charge in [0.2, 0.25) is 0 Å². The number of rotatable bonds is 4. The van der Waals surface area contributed by atoms with E-state index < -0.39 is 10.0 Å². The van der Waals surface area contributed by atoms with Crippen molar-refractivity contribution in [3.8, 4) is 0 Å². The summed E-state index contributed by atoms with van der Waals surface area (Å²) in [7, 11) is 0.298. The van der Waals surface area contributed by atoms with Crippen LogP contribution in [0.2, 0.25) is 0 Å². The van der Waals surface area contributed by atoms with E-state index in [1.807, 2.05) is 7.05 Å². The summed E-state index contributed by atoms with van der Waals surface area (Å²) in [4.78, 5) is 3.94. The van der Waals surface area contributed by atoms with Gasteiger partial charge >= 0.3 is 0 Å². The van der Waals surface area contributed by atoms with Crippen LogP contribution in [0.1, 0.15) is 12.8 Å². The monoisotopic (exact) mass is 308 g/mol. The Morgan fingerprint density at radius 2 is 2.05 bits per heavy atom. The Morgan fingerprint density at radius 1 is 1.42 bits per heavy atom. The van der Waals surface area contributed by atoms with Crippen LogP contribution in [0.3, 0.4) is 0 Å². The van der Waals surface area contributed by atoms with E-state index in [9.17, 15) is 8.42 Å². The summed E-state index contributed by atoms with van der Waals surface area (Å²) in [6, 6.07) is 0. The molecule has 0 aromatic carbocycles. The number of nitrogens with zero attached hydrogens (tertiary/aromatic N) is 3. The van der Waals surface area contributed by atoms with Gasteiger partial charge in [-0.15, -0.1) is 12.4 Å². The van der Waals surface area contributed by atoms with Gasteiger partial charge in [-0.05, 0) is 32.4 Å². The molecule has 1 aliphatic rings. The molecule has 0 saturated carbocycles. The number of hydrogen-bond donors (Lipinski definition) is 1. The van der Waals surface area contributed by atoms with Crippen LogP contribution in [0, 0.1) is 5.92 Å². The average Bonchev–Trinajstić information content (AvgIpc) is 2.78. The predicted molar refractivity (Wildman–Crippen MR) is 75.9 cm³/mol. The maximum absolute atomic E-state index is 12.3. The molecule has 1 N–H and O–H groups in total. The molecule has 1 fully saturated rings. The highest BCUT2D eigenvalue weighted by molar-refractivity contribution is 7.89. The van der Waals surface area contributed by atoms with Crippen molar-refractivity contribution in [1.82, 2.24) is 19.2 Å². The highest BCUT2D eigenvalue weighted by Crippen LogP contribution is 2.22. The lowest BCUT2D eigenvalue weighted by Gasteiger charge is -2.30. The molecule has 1 aromatic heterocycles. The first-order chi connectivity index (χ1) is 8.54. The number of imidazole rings is 1. The summed E-state index contributed by atoms with van der Waals surface area (Å²) in [5.41, 5.74) is 0. The van der Waals surface area contributed by atoms with Crippen LogP contribution in [0.5, 0.6) is 0 Å². The molecule has 0 unspecified atom stereocenters. The molecule has 2 rings (SSSR count). The second-order valence-electron chi connectivity index (χ2n) is 4.78. The van der Waals surface area contributed by atoms with Crippen LogP contribution in [0.15, 0.2) is 17.6 Å². The van der Waals surface area contributed by atoms with Gasteiger partial charge in [-0.2, -0.15) is 4.31 Å². The Labute approximate surface area is 120 Å². The molecule has 0 amide bonds. The Hall–Kier alpha value is -0.630. The Kier molecular flexibility index (Phi) is 5.79. The SMILES string of the molecule is CNCC1CCN(S(=O)(=O)c2cn(C)cn2)CC1.Cl. The van der Waals surface area contributed by atoms with Gasteiger partial charge in [0, 0.05) is 26.3 Å². The largest absolute Gasteiger partial charge is 0.339 e. The quantitative estimate of drug-likeness (QED) is 0.877. The number of aromatic nitrogens is 2. The summed E-state index contributed by atoms with van der Waals surface area (Å²) >= 11 is 0. The van der Waals surface area contributed by atoms with Crippen molar-refractivity contribution < 1.29 is 8.42 Å². The minimum atomic E-state index is -3.40. The molecule has 1 saturated heterocycles. The molecule has 110 valence electrons. The maximum atomic E-state index is 12.3. The molecule has 2 heterocycles. The zero-order chi connectivity index (χ0) is 13.2. The molecule has 6 nitrogen and oxygen atoms in total. The third-order valence-corrected chi connectivity index (χ3v) is 5.14. The van der Waals surface area contributed by atoms with E-state index in [1.165, 1.54) is 6.33 Å². The number of halogens is 1. The topological polar surface area (TPSA) is 67.2 Å². The van der Waals surface area contributed by atoms with Crippen molar-refractivity contribution in [2.45, 2.75) is 17.9 Å². The molecule has 0 aliphatic carbocycles. The predicted octanol–water partition coefficient (Wildman–Crippen LogP) is 0.462. The van der Waals surface area contributed by atoms with Crippen LogP contribution in [0.4, 0.5) is 0 Å². The summed E-state index contributed by atoms with van der Waals surface area (Å²) in [5.74, 6) is 0.574. The van der Waals surface area contributed by atoms with Crippen LogP contribution < -0.4 is 5.32 Å². The molecular formula is C11H21ClN4O2S. The van der Waals surface area contributed by atoms with Gasteiger partial charge in [-0.1, -0.05) is 0 Å². The molecule has 0 bridgehead atoms. The first kappa shape index (κ1) is 16.4. The van der Waals surface area contributed by atoms with E-state index in [-0.39, 0.29) is 17.4 Å². The number of sulfonamides is 1. The first-order valence-corrected chi connectivity index (χ1v) is 7.60. The smallest absolute Gasteiger partial charge is 0.262 e. The lowest BCUT2D eigenvalue weighted by Crippen LogP contribution is -2.40. The van der Waals surface area contributed by atoms with Gasteiger partial charge in [0.25, 0.3) is 10.0 Å². The van der Waals surface area contributed by atoms with Crippen molar-refractivity contribution in [2.75, 3.05) is 26.7 Å². The third kappa shape index (κ3) is 3.68. The van der Waals surface area contributed by atoms with Crippen LogP contribution >= 0.6 is 12.4 Å². The Bertz CT molecular complexity index is 495. The molecular weight excluding hydrogens is 288 g/mol. The molecule has 0 atom stereocenters. The number of piperidine rings is 1. The molecule has 8 heteroatoms. The highest BCUT2D eigenvalue weighted by atomic mass is 35.5. The van der Waals surface area contributed by atoms with Crippen LogP contribution in [0.25, 0.3) is 0 Å². The Morgan fingerprint density at radius 3 is 2.53 bits per heavy atom. The molecule has 0 spiro atoms. The van der Waals surface area contributed by atoms with Crippen molar-refractivity contribution in [3.63, 3.8) is 0 Å². The van der Waals surface area contributed by atoms with Gasteiger partial charge in [0.05, 0.1) is 6.33 Å². The van der Waals surface area contributed by atoms with Crippen molar-refractivity contribution in [3.05, 3.63) is 12.5 Å². The fraction of sp³-hybridized carbons (Fsp3) is 0.727. The fourth-order valence-corrected chi connectivity index (χ4v) is 3.73. The fourth-order valence-electron chi connectivity index (χ4n) is 2.30. The highest BCUT2D eigenvalue weighted by Gasteiger charge is 2.30. The lowest BCUT2D eigenvalue weighted by atomic mass is 9.98. The second-order valence-corrected chi connectivity index (χ2v) is 6.67. The minimum Gasteiger partial charge on any atom is -0.339 e. The second kappa shape index (κ2) is 6.69. The van der Waals surface area contributed by atoms with Gasteiger partial charge in [-0.3, -0.25) is 0 Å². The molecule has 1 aliphatic heterocycles. The van der Waals surface area contributed by atoms with Gasteiger partial charge in [0.1, 0.15) is 0 Å². The Balaban J connectivity index is 0.00000180. The van der Waals surface area contributed by atoms with E-state index in [1.54, 1.807) is 22.1 Å². The molecule has 19 heavy (non-hydrogen) atoms.